The summed E-state index contributed by atoms with van der Waals surface area (Å²) in [7, 11) is 0. The van der Waals surface area contributed by atoms with E-state index in [1.165, 1.54) is 11.3 Å². The van der Waals surface area contributed by atoms with Gasteiger partial charge in [-0.15, -0.1) is 11.3 Å². The van der Waals surface area contributed by atoms with E-state index >= 15 is 0 Å². The number of rotatable bonds is 5. The van der Waals surface area contributed by atoms with E-state index in [1.807, 2.05) is 36.4 Å². The molecule has 0 unspecified atom stereocenters. The van der Waals surface area contributed by atoms with Crippen molar-refractivity contribution >= 4 is 17.3 Å². The van der Waals surface area contributed by atoms with Crippen molar-refractivity contribution < 1.29 is 9.53 Å². The lowest BCUT2D eigenvalue weighted by atomic mass is 9.92. The van der Waals surface area contributed by atoms with Crippen LogP contribution in [0, 0.1) is 0 Å². The first-order valence-electron chi connectivity index (χ1n) is 7.52. The topological polar surface area (TPSA) is 39.2 Å². The molecule has 0 aliphatic heterocycles. The second-order valence-electron chi connectivity index (χ2n) is 5.04. The third-order valence-corrected chi connectivity index (χ3v) is 4.56. The molecule has 0 bridgehead atoms. The van der Waals surface area contributed by atoms with Gasteiger partial charge in [-0.05, 0) is 18.1 Å². The fourth-order valence-electron chi connectivity index (χ4n) is 2.49. The van der Waals surface area contributed by atoms with E-state index < -0.39 is 0 Å². The predicted octanol–water partition coefficient (Wildman–Crippen LogP) is 4.50. The molecule has 0 aliphatic carbocycles. The smallest absolute Gasteiger partial charge is 0.349 e. The summed E-state index contributed by atoms with van der Waals surface area (Å²) in [6.45, 7) is 2.17. The van der Waals surface area contributed by atoms with Crippen LogP contribution < -0.4 is 0 Å². The van der Waals surface area contributed by atoms with Crippen molar-refractivity contribution in [1.29, 1.82) is 0 Å². The minimum absolute atomic E-state index is 0.0191. The zero-order valence-corrected chi connectivity index (χ0v) is 13.6. The Kier molecular flexibility index (Phi) is 4.83. The first-order valence-corrected chi connectivity index (χ1v) is 8.34. The number of hydrogen-bond donors (Lipinski definition) is 0. The van der Waals surface area contributed by atoms with Crippen LogP contribution in [-0.4, -0.2) is 17.6 Å². The molecule has 23 heavy (non-hydrogen) atoms. The van der Waals surface area contributed by atoms with Crippen molar-refractivity contribution in [1.82, 2.24) is 4.98 Å². The van der Waals surface area contributed by atoms with E-state index in [4.69, 9.17) is 4.74 Å². The number of esters is 1. The lowest BCUT2D eigenvalue weighted by Gasteiger charge is -2.15. The Balaban J connectivity index is 2.01. The molecular weight excluding hydrogens is 306 g/mol. The fourth-order valence-corrected chi connectivity index (χ4v) is 3.45. The number of hydrogen-bond acceptors (Lipinski definition) is 4. The molecule has 0 aliphatic rings. The van der Waals surface area contributed by atoms with E-state index in [2.05, 4.69) is 29.2 Å². The van der Waals surface area contributed by atoms with Gasteiger partial charge in [0.2, 0.25) is 0 Å². The molecule has 1 heterocycles. The van der Waals surface area contributed by atoms with Crippen LogP contribution in [0.3, 0.4) is 0 Å². The third-order valence-electron chi connectivity index (χ3n) is 3.51. The van der Waals surface area contributed by atoms with Gasteiger partial charge < -0.3 is 4.74 Å². The van der Waals surface area contributed by atoms with Crippen LogP contribution >= 0.6 is 11.3 Å². The Bertz CT molecular complexity index is 729. The number of carbonyl (C=O) groups is 1. The van der Waals surface area contributed by atoms with Gasteiger partial charge in [0.05, 0.1) is 18.7 Å². The highest BCUT2D eigenvalue weighted by Gasteiger charge is 2.22. The SMILES string of the molecule is CCOC(=O)c1cnc(C(c2ccccc2)c2ccccc2)s1. The maximum absolute atomic E-state index is 11.9. The van der Waals surface area contributed by atoms with E-state index in [0.29, 0.717) is 11.5 Å². The molecular formula is C19H17NO2S. The molecule has 3 rings (SSSR count). The average molecular weight is 323 g/mol. The average Bonchev–Trinajstić information content (AvgIpc) is 3.07. The maximum Gasteiger partial charge on any atom is 0.349 e. The zero-order chi connectivity index (χ0) is 16.1. The van der Waals surface area contributed by atoms with E-state index in [9.17, 15) is 4.79 Å². The van der Waals surface area contributed by atoms with Gasteiger partial charge in [0.15, 0.2) is 0 Å². The molecule has 4 heteroatoms. The van der Waals surface area contributed by atoms with Crippen molar-refractivity contribution in [3.63, 3.8) is 0 Å². The Labute approximate surface area is 139 Å². The van der Waals surface area contributed by atoms with Crippen molar-refractivity contribution in [3.05, 3.63) is 87.9 Å². The van der Waals surface area contributed by atoms with Gasteiger partial charge in [-0.2, -0.15) is 0 Å². The monoisotopic (exact) mass is 323 g/mol. The highest BCUT2D eigenvalue weighted by atomic mass is 32.1. The summed E-state index contributed by atoms with van der Waals surface area (Å²) in [6.07, 6.45) is 1.61. The summed E-state index contributed by atoms with van der Waals surface area (Å²) >= 11 is 1.39. The second kappa shape index (κ2) is 7.20. The number of thiazole rings is 1. The van der Waals surface area contributed by atoms with Crippen LogP contribution in [0.5, 0.6) is 0 Å². The molecule has 116 valence electrons. The van der Waals surface area contributed by atoms with E-state index in [0.717, 1.165) is 16.1 Å². The van der Waals surface area contributed by atoms with Crippen LogP contribution in [0.2, 0.25) is 0 Å². The standard InChI is InChI=1S/C19H17NO2S/c1-2-22-19(21)16-13-20-18(23-16)17(14-9-5-3-6-10-14)15-11-7-4-8-12-15/h3-13,17H,2H2,1H3. The first-order chi connectivity index (χ1) is 11.3. The molecule has 0 saturated carbocycles. The molecule has 3 aromatic rings. The number of nitrogens with zero attached hydrogens (tertiary/aromatic N) is 1. The molecule has 0 saturated heterocycles. The number of ether oxygens (including phenoxy) is 1. The van der Waals surface area contributed by atoms with E-state index in [1.54, 1.807) is 13.1 Å². The summed E-state index contributed by atoms with van der Waals surface area (Å²) in [6, 6.07) is 20.4. The summed E-state index contributed by atoms with van der Waals surface area (Å²) in [5, 5.41) is 0.894. The Morgan fingerprint density at radius 3 is 2.13 bits per heavy atom. The van der Waals surface area contributed by atoms with Gasteiger partial charge >= 0.3 is 5.97 Å². The number of carbonyl (C=O) groups excluding carboxylic acids is 1. The highest BCUT2D eigenvalue weighted by molar-refractivity contribution is 7.13. The Morgan fingerprint density at radius 2 is 1.61 bits per heavy atom. The Morgan fingerprint density at radius 1 is 1.04 bits per heavy atom. The summed E-state index contributed by atoms with van der Waals surface area (Å²) in [5.74, 6) is -0.290. The van der Waals surface area contributed by atoms with Crippen LogP contribution in [0.15, 0.2) is 66.9 Å². The molecule has 1 aromatic heterocycles. The second-order valence-corrected chi connectivity index (χ2v) is 6.10. The van der Waals surface area contributed by atoms with Crippen LogP contribution in [0.1, 0.15) is 38.6 Å². The largest absolute Gasteiger partial charge is 0.462 e. The molecule has 0 spiro atoms. The van der Waals surface area contributed by atoms with Gasteiger partial charge in [0, 0.05) is 0 Å². The molecule has 0 atom stereocenters. The van der Waals surface area contributed by atoms with Crippen molar-refractivity contribution in [2.45, 2.75) is 12.8 Å². The number of aromatic nitrogens is 1. The van der Waals surface area contributed by atoms with Crippen molar-refractivity contribution in [3.8, 4) is 0 Å². The van der Waals surface area contributed by atoms with Crippen LogP contribution in [-0.2, 0) is 4.74 Å². The maximum atomic E-state index is 11.9. The van der Waals surface area contributed by atoms with Crippen molar-refractivity contribution in [2.75, 3.05) is 6.61 Å². The zero-order valence-electron chi connectivity index (χ0n) is 12.8. The minimum atomic E-state index is -0.309. The lowest BCUT2D eigenvalue weighted by Crippen LogP contribution is -2.03. The normalized spacial score (nSPS) is 10.7. The third kappa shape index (κ3) is 3.48. The molecule has 0 amide bonds. The molecule has 0 fully saturated rings. The van der Waals surface area contributed by atoms with Gasteiger partial charge in [0.25, 0.3) is 0 Å². The van der Waals surface area contributed by atoms with Gasteiger partial charge in [-0.25, -0.2) is 9.78 Å². The molecule has 3 nitrogen and oxygen atoms in total. The van der Waals surface area contributed by atoms with Crippen molar-refractivity contribution in [2.24, 2.45) is 0 Å². The fraction of sp³-hybridized carbons (Fsp3) is 0.158. The lowest BCUT2D eigenvalue weighted by molar-refractivity contribution is 0.0532. The first kappa shape index (κ1) is 15.4. The summed E-state index contributed by atoms with van der Waals surface area (Å²) in [5.41, 5.74) is 2.31. The molecule has 0 radical (unpaired) electrons. The quantitative estimate of drug-likeness (QED) is 0.649. The predicted molar refractivity (Wildman–Crippen MR) is 91.9 cm³/mol. The number of benzene rings is 2. The Hall–Kier alpha value is -2.46. The van der Waals surface area contributed by atoms with E-state index in [-0.39, 0.29) is 11.9 Å². The van der Waals surface area contributed by atoms with Gasteiger partial charge in [-0.3, -0.25) is 0 Å². The van der Waals surface area contributed by atoms with Gasteiger partial charge in [0.1, 0.15) is 9.88 Å². The van der Waals surface area contributed by atoms with Gasteiger partial charge in [-0.1, -0.05) is 60.7 Å². The minimum Gasteiger partial charge on any atom is -0.462 e. The highest BCUT2D eigenvalue weighted by Crippen LogP contribution is 2.34. The molecule has 2 aromatic carbocycles. The summed E-state index contributed by atoms with van der Waals surface area (Å²) in [4.78, 5) is 16.9. The van der Waals surface area contributed by atoms with Crippen LogP contribution in [0.25, 0.3) is 0 Å². The van der Waals surface area contributed by atoms with Crippen LogP contribution in [0.4, 0.5) is 0 Å². The molecule has 0 N–H and O–H groups in total. The summed E-state index contributed by atoms with van der Waals surface area (Å²) < 4.78 is 5.06.